The number of benzene rings is 2. The zero-order valence-corrected chi connectivity index (χ0v) is 16.6. The highest BCUT2D eigenvalue weighted by molar-refractivity contribution is 6.30. The fraction of sp³-hybridized carbons (Fsp3) is 0.227. The number of oxazole rings is 1. The SMILES string of the molecule is O=C(CCCc1ncc(-c2ccccc2)o1)NCCNC(=O)c1ccc(Cl)cc1. The minimum atomic E-state index is -0.200. The quantitative estimate of drug-likeness (QED) is 0.523. The van der Waals surface area contributed by atoms with Crippen molar-refractivity contribution in [3.8, 4) is 11.3 Å². The van der Waals surface area contributed by atoms with Crippen LogP contribution in [0.25, 0.3) is 11.3 Å². The second kappa shape index (κ2) is 10.4. The van der Waals surface area contributed by atoms with Gasteiger partial charge in [-0.3, -0.25) is 9.59 Å². The van der Waals surface area contributed by atoms with E-state index >= 15 is 0 Å². The molecule has 0 spiro atoms. The van der Waals surface area contributed by atoms with Crippen molar-refractivity contribution in [3.63, 3.8) is 0 Å². The molecule has 2 N–H and O–H groups in total. The summed E-state index contributed by atoms with van der Waals surface area (Å²) >= 11 is 5.80. The Hall–Kier alpha value is -3.12. The molecule has 0 fully saturated rings. The summed E-state index contributed by atoms with van der Waals surface area (Å²) in [7, 11) is 0. The number of carbonyl (C=O) groups is 2. The Bertz CT molecular complexity index is 939. The summed E-state index contributed by atoms with van der Waals surface area (Å²) in [6.45, 7) is 0.725. The fourth-order valence-electron chi connectivity index (χ4n) is 2.73. The average molecular weight is 412 g/mol. The van der Waals surface area contributed by atoms with Crippen LogP contribution in [0.2, 0.25) is 5.02 Å². The van der Waals surface area contributed by atoms with Gasteiger partial charge in [-0.25, -0.2) is 4.98 Å². The van der Waals surface area contributed by atoms with Crippen LogP contribution in [-0.2, 0) is 11.2 Å². The molecule has 29 heavy (non-hydrogen) atoms. The zero-order valence-electron chi connectivity index (χ0n) is 15.9. The van der Waals surface area contributed by atoms with Gasteiger partial charge < -0.3 is 15.1 Å². The normalized spacial score (nSPS) is 10.5. The molecule has 0 atom stereocenters. The molecule has 0 aliphatic carbocycles. The highest BCUT2D eigenvalue weighted by atomic mass is 35.5. The van der Waals surface area contributed by atoms with Gasteiger partial charge in [0, 0.05) is 42.1 Å². The number of nitrogens with zero attached hydrogens (tertiary/aromatic N) is 1. The highest BCUT2D eigenvalue weighted by Crippen LogP contribution is 2.20. The van der Waals surface area contributed by atoms with Crippen molar-refractivity contribution >= 4 is 23.4 Å². The Labute approximate surface area is 174 Å². The summed E-state index contributed by atoms with van der Waals surface area (Å²) in [5, 5.41) is 6.12. The van der Waals surface area contributed by atoms with Crippen LogP contribution < -0.4 is 10.6 Å². The molecule has 2 aromatic carbocycles. The first-order valence-electron chi connectivity index (χ1n) is 9.42. The summed E-state index contributed by atoms with van der Waals surface area (Å²) in [5.41, 5.74) is 1.51. The topological polar surface area (TPSA) is 84.2 Å². The number of halogens is 1. The van der Waals surface area contributed by atoms with E-state index in [-0.39, 0.29) is 11.8 Å². The smallest absolute Gasteiger partial charge is 0.251 e. The number of rotatable bonds is 9. The highest BCUT2D eigenvalue weighted by Gasteiger charge is 2.08. The molecule has 0 aliphatic heterocycles. The van der Waals surface area contributed by atoms with Crippen LogP contribution in [0.3, 0.4) is 0 Å². The first-order valence-corrected chi connectivity index (χ1v) is 9.80. The molecule has 0 unspecified atom stereocenters. The van der Waals surface area contributed by atoms with E-state index in [9.17, 15) is 9.59 Å². The molecule has 1 heterocycles. The molecule has 7 heteroatoms. The number of aromatic nitrogens is 1. The monoisotopic (exact) mass is 411 g/mol. The summed E-state index contributed by atoms with van der Waals surface area (Å²) in [6.07, 6.45) is 3.30. The lowest BCUT2D eigenvalue weighted by Gasteiger charge is -2.07. The molecule has 1 aromatic heterocycles. The third kappa shape index (κ3) is 6.47. The van der Waals surface area contributed by atoms with Gasteiger partial charge in [0.15, 0.2) is 11.7 Å². The predicted molar refractivity (Wildman–Crippen MR) is 112 cm³/mol. The molecule has 3 aromatic rings. The van der Waals surface area contributed by atoms with Crippen LogP contribution in [0.5, 0.6) is 0 Å². The molecule has 6 nitrogen and oxygen atoms in total. The van der Waals surface area contributed by atoms with E-state index in [1.54, 1.807) is 30.5 Å². The number of aryl methyl sites for hydroxylation is 1. The molecule has 0 radical (unpaired) electrons. The fourth-order valence-corrected chi connectivity index (χ4v) is 2.86. The van der Waals surface area contributed by atoms with E-state index in [1.165, 1.54) is 0 Å². The van der Waals surface area contributed by atoms with Gasteiger partial charge in [-0.15, -0.1) is 0 Å². The van der Waals surface area contributed by atoms with Crippen molar-refractivity contribution in [3.05, 3.63) is 77.3 Å². The molecular formula is C22H22ClN3O3. The first-order chi connectivity index (χ1) is 14.1. The van der Waals surface area contributed by atoms with Crippen molar-refractivity contribution in [1.29, 1.82) is 0 Å². The van der Waals surface area contributed by atoms with Gasteiger partial charge in [0.25, 0.3) is 5.91 Å². The largest absolute Gasteiger partial charge is 0.441 e. The summed E-state index contributed by atoms with van der Waals surface area (Å²) in [5.74, 6) is 1.07. The van der Waals surface area contributed by atoms with Crippen molar-refractivity contribution in [1.82, 2.24) is 15.6 Å². The summed E-state index contributed by atoms with van der Waals surface area (Å²) in [6, 6.07) is 16.4. The van der Waals surface area contributed by atoms with E-state index in [0.717, 1.165) is 11.3 Å². The van der Waals surface area contributed by atoms with Gasteiger partial charge in [-0.2, -0.15) is 0 Å². The molecule has 2 amide bonds. The Morgan fingerprint density at radius 2 is 1.69 bits per heavy atom. The lowest BCUT2D eigenvalue weighted by molar-refractivity contribution is -0.121. The molecule has 0 aliphatic rings. The Kier molecular flexibility index (Phi) is 7.41. The van der Waals surface area contributed by atoms with Gasteiger partial charge >= 0.3 is 0 Å². The number of amides is 2. The predicted octanol–water partition coefficient (Wildman–Crippen LogP) is 3.86. The van der Waals surface area contributed by atoms with E-state index < -0.39 is 0 Å². The summed E-state index contributed by atoms with van der Waals surface area (Å²) < 4.78 is 5.73. The van der Waals surface area contributed by atoms with Crippen molar-refractivity contribution < 1.29 is 14.0 Å². The third-order valence-electron chi connectivity index (χ3n) is 4.25. The maximum Gasteiger partial charge on any atom is 0.251 e. The van der Waals surface area contributed by atoms with Gasteiger partial charge in [0.1, 0.15) is 0 Å². The van der Waals surface area contributed by atoms with Crippen LogP contribution >= 0.6 is 11.6 Å². The Balaban J connectivity index is 1.31. The molecule has 0 saturated carbocycles. The van der Waals surface area contributed by atoms with Crippen LogP contribution in [-0.4, -0.2) is 29.9 Å². The molecule has 0 bridgehead atoms. The minimum absolute atomic E-state index is 0.0689. The van der Waals surface area contributed by atoms with Gasteiger partial charge in [0.2, 0.25) is 5.91 Å². The third-order valence-corrected chi connectivity index (χ3v) is 4.50. The van der Waals surface area contributed by atoms with Crippen molar-refractivity contribution in [2.45, 2.75) is 19.3 Å². The van der Waals surface area contributed by atoms with Crippen molar-refractivity contribution in [2.24, 2.45) is 0 Å². The van der Waals surface area contributed by atoms with E-state index in [1.807, 2.05) is 30.3 Å². The minimum Gasteiger partial charge on any atom is -0.441 e. The second-order valence-electron chi connectivity index (χ2n) is 6.45. The number of hydrogen-bond acceptors (Lipinski definition) is 4. The lowest BCUT2D eigenvalue weighted by Crippen LogP contribution is -2.34. The second-order valence-corrected chi connectivity index (χ2v) is 6.89. The first kappa shape index (κ1) is 20.6. The van der Waals surface area contributed by atoms with E-state index in [2.05, 4.69) is 15.6 Å². The van der Waals surface area contributed by atoms with Crippen LogP contribution in [0.15, 0.2) is 65.2 Å². The molecule has 3 rings (SSSR count). The Morgan fingerprint density at radius 3 is 2.45 bits per heavy atom. The van der Waals surface area contributed by atoms with Crippen molar-refractivity contribution in [2.75, 3.05) is 13.1 Å². The van der Waals surface area contributed by atoms with E-state index in [4.69, 9.17) is 16.0 Å². The van der Waals surface area contributed by atoms with E-state index in [0.29, 0.717) is 48.8 Å². The van der Waals surface area contributed by atoms with Crippen LogP contribution in [0, 0.1) is 0 Å². The average Bonchev–Trinajstić information content (AvgIpc) is 3.21. The van der Waals surface area contributed by atoms with Crippen LogP contribution in [0.1, 0.15) is 29.1 Å². The maximum atomic E-state index is 11.9. The molecular weight excluding hydrogens is 390 g/mol. The maximum absolute atomic E-state index is 11.9. The summed E-state index contributed by atoms with van der Waals surface area (Å²) in [4.78, 5) is 28.1. The zero-order chi connectivity index (χ0) is 20.5. The van der Waals surface area contributed by atoms with Gasteiger partial charge in [0.05, 0.1) is 6.20 Å². The van der Waals surface area contributed by atoms with Gasteiger partial charge in [-0.1, -0.05) is 41.9 Å². The Morgan fingerprint density at radius 1 is 0.966 bits per heavy atom. The molecule has 150 valence electrons. The standard InChI is InChI=1S/C22H22ClN3O3/c23-18-11-9-17(10-12-18)22(28)25-14-13-24-20(27)7-4-8-21-26-15-19(29-21)16-5-2-1-3-6-16/h1-3,5-6,9-12,15H,4,7-8,13-14H2,(H,24,27)(H,25,28). The number of carbonyl (C=O) groups excluding carboxylic acids is 2. The van der Waals surface area contributed by atoms with Crippen LogP contribution in [0.4, 0.5) is 0 Å². The lowest BCUT2D eigenvalue weighted by atomic mass is 10.2. The van der Waals surface area contributed by atoms with Gasteiger partial charge in [-0.05, 0) is 30.7 Å². The number of hydrogen-bond donors (Lipinski definition) is 2. The molecule has 0 saturated heterocycles. The number of nitrogens with one attached hydrogen (secondary N) is 2.